The number of para-hydroxylation sites is 1. The van der Waals surface area contributed by atoms with Gasteiger partial charge in [0.25, 0.3) is 0 Å². The molecule has 1 atom stereocenters. The first-order chi connectivity index (χ1) is 9.99. The van der Waals surface area contributed by atoms with E-state index in [0.29, 0.717) is 31.9 Å². The molecule has 1 aromatic rings. The van der Waals surface area contributed by atoms with Crippen LogP contribution in [0.15, 0.2) is 18.2 Å². The number of rotatable bonds is 4. The largest absolute Gasteiger partial charge is 0.493 e. The number of methoxy groups -OCH3 is 2. The Balaban J connectivity index is 2.46. The zero-order chi connectivity index (χ0) is 15.5. The molecule has 1 fully saturated rings. The summed E-state index contributed by atoms with van der Waals surface area (Å²) in [4.78, 5) is 1.42. The van der Waals surface area contributed by atoms with E-state index in [9.17, 15) is 13.2 Å². The Bertz CT molecular complexity index is 474. The number of halogens is 3. The van der Waals surface area contributed by atoms with E-state index >= 15 is 0 Å². The fourth-order valence-electron chi connectivity index (χ4n) is 2.65. The van der Waals surface area contributed by atoms with Crippen LogP contribution in [-0.4, -0.2) is 51.5 Å². The molecule has 4 nitrogen and oxygen atoms in total. The highest BCUT2D eigenvalue weighted by molar-refractivity contribution is 5.48. The third-order valence-electron chi connectivity index (χ3n) is 3.55. The molecule has 1 heterocycles. The predicted molar refractivity (Wildman–Crippen MR) is 72.8 cm³/mol. The average Bonchev–Trinajstić information content (AvgIpc) is 2.46. The molecule has 0 saturated carbocycles. The number of nitrogens with zero attached hydrogens (tertiary/aromatic N) is 1. The summed E-state index contributed by atoms with van der Waals surface area (Å²) in [6.07, 6.45) is -4.38. The number of hydrogen-bond acceptors (Lipinski definition) is 4. The molecule has 118 valence electrons. The van der Waals surface area contributed by atoms with Crippen LogP contribution in [0.5, 0.6) is 11.5 Å². The Morgan fingerprint density at radius 2 is 1.81 bits per heavy atom. The molecular weight excluding hydrogens is 285 g/mol. The maximum absolute atomic E-state index is 13.6. The van der Waals surface area contributed by atoms with Gasteiger partial charge in [0.2, 0.25) is 0 Å². The van der Waals surface area contributed by atoms with Crippen molar-refractivity contribution < 1.29 is 22.6 Å². The Labute approximate surface area is 121 Å². The van der Waals surface area contributed by atoms with E-state index in [-0.39, 0.29) is 11.3 Å². The first kappa shape index (κ1) is 15.9. The first-order valence-corrected chi connectivity index (χ1v) is 6.71. The number of nitrogens with one attached hydrogen (secondary N) is 1. The normalized spacial score (nSPS) is 18.3. The van der Waals surface area contributed by atoms with Crippen molar-refractivity contribution in [2.75, 3.05) is 40.4 Å². The van der Waals surface area contributed by atoms with Gasteiger partial charge in [0.15, 0.2) is 11.5 Å². The Hall–Kier alpha value is -1.47. The number of piperazine rings is 1. The van der Waals surface area contributed by atoms with Crippen molar-refractivity contribution in [2.24, 2.45) is 0 Å². The minimum atomic E-state index is -4.38. The zero-order valence-electron chi connectivity index (χ0n) is 12.0. The fraction of sp³-hybridized carbons (Fsp3) is 0.571. The highest BCUT2D eigenvalue weighted by Gasteiger charge is 2.46. The highest BCUT2D eigenvalue weighted by Crippen LogP contribution is 2.44. The van der Waals surface area contributed by atoms with Crippen LogP contribution in [0.3, 0.4) is 0 Å². The van der Waals surface area contributed by atoms with Crippen LogP contribution < -0.4 is 14.8 Å². The van der Waals surface area contributed by atoms with Crippen LogP contribution in [0.1, 0.15) is 11.6 Å². The van der Waals surface area contributed by atoms with Crippen LogP contribution >= 0.6 is 0 Å². The van der Waals surface area contributed by atoms with Gasteiger partial charge in [0.1, 0.15) is 6.04 Å². The second-order valence-corrected chi connectivity index (χ2v) is 4.81. The lowest BCUT2D eigenvalue weighted by atomic mass is 10.0. The Morgan fingerprint density at radius 1 is 1.14 bits per heavy atom. The molecule has 7 heteroatoms. The zero-order valence-corrected chi connectivity index (χ0v) is 12.0. The van der Waals surface area contributed by atoms with Crippen LogP contribution in [-0.2, 0) is 0 Å². The van der Waals surface area contributed by atoms with Gasteiger partial charge < -0.3 is 14.8 Å². The molecule has 1 saturated heterocycles. The summed E-state index contributed by atoms with van der Waals surface area (Å²) >= 11 is 0. The van der Waals surface area contributed by atoms with E-state index in [1.807, 2.05) is 0 Å². The molecule has 2 rings (SSSR count). The van der Waals surface area contributed by atoms with Gasteiger partial charge in [-0.05, 0) is 6.07 Å². The van der Waals surface area contributed by atoms with Gasteiger partial charge in [0, 0.05) is 31.7 Å². The van der Waals surface area contributed by atoms with E-state index in [1.165, 1.54) is 25.2 Å². The average molecular weight is 304 g/mol. The topological polar surface area (TPSA) is 33.7 Å². The van der Waals surface area contributed by atoms with Crippen LogP contribution in [0.2, 0.25) is 0 Å². The summed E-state index contributed by atoms with van der Waals surface area (Å²) in [6.45, 7) is 1.76. The van der Waals surface area contributed by atoms with Crippen LogP contribution in [0, 0.1) is 0 Å². The number of ether oxygens (including phenoxy) is 2. The quantitative estimate of drug-likeness (QED) is 0.925. The van der Waals surface area contributed by atoms with Crippen molar-refractivity contribution in [1.29, 1.82) is 0 Å². The van der Waals surface area contributed by atoms with Gasteiger partial charge in [0.05, 0.1) is 14.2 Å². The van der Waals surface area contributed by atoms with Crippen molar-refractivity contribution >= 4 is 0 Å². The molecule has 0 aromatic heterocycles. The van der Waals surface area contributed by atoms with E-state index in [0.717, 1.165) is 0 Å². The second-order valence-electron chi connectivity index (χ2n) is 4.81. The van der Waals surface area contributed by atoms with Crippen molar-refractivity contribution in [3.63, 3.8) is 0 Å². The molecule has 1 aliphatic heterocycles. The molecule has 0 aliphatic carbocycles. The Kier molecular flexibility index (Phi) is 4.95. The van der Waals surface area contributed by atoms with Crippen LogP contribution in [0.4, 0.5) is 13.2 Å². The van der Waals surface area contributed by atoms with Crippen molar-refractivity contribution in [2.45, 2.75) is 12.2 Å². The summed E-state index contributed by atoms with van der Waals surface area (Å²) in [5, 5.41) is 3.06. The molecule has 1 aromatic carbocycles. The van der Waals surface area contributed by atoms with Crippen molar-refractivity contribution in [1.82, 2.24) is 10.2 Å². The van der Waals surface area contributed by atoms with E-state index < -0.39 is 12.2 Å². The lowest BCUT2D eigenvalue weighted by Gasteiger charge is -2.36. The monoisotopic (exact) mass is 304 g/mol. The number of alkyl halides is 3. The van der Waals surface area contributed by atoms with Gasteiger partial charge >= 0.3 is 6.18 Å². The number of hydrogen-bond donors (Lipinski definition) is 1. The summed E-state index contributed by atoms with van der Waals surface area (Å²) in [5.41, 5.74) is 0.0891. The lowest BCUT2D eigenvalue weighted by Crippen LogP contribution is -2.49. The molecule has 0 unspecified atom stereocenters. The van der Waals surface area contributed by atoms with E-state index in [4.69, 9.17) is 9.47 Å². The van der Waals surface area contributed by atoms with E-state index in [2.05, 4.69) is 5.32 Å². The SMILES string of the molecule is COc1cccc([C@@H](N2CCNCC2)C(F)(F)F)c1OC. The van der Waals surface area contributed by atoms with Gasteiger partial charge in [-0.2, -0.15) is 13.2 Å². The van der Waals surface area contributed by atoms with Crippen molar-refractivity contribution in [3.8, 4) is 11.5 Å². The fourth-order valence-corrected chi connectivity index (χ4v) is 2.65. The molecule has 0 radical (unpaired) electrons. The van der Waals surface area contributed by atoms with E-state index in [1.54, 1.807) is 12.1 Å². The predicted octanol–water partition coefficient (Wildman–Crippen LogP) is 2.21. The second kappa shape index (κ2) is 6.53. The van der Waals surface area contributed by atoms with Gasteiger partial charge in [-0.3, -0.25) is 4.90 Å². The van der Waals surface area contributed by atoms with Gasteiger partial charge in [-0.1, -0.05) is 12.1 Å². The molecule has 21 heavy (non-hydrogen) atoms. The summed E-state index contributed by atoms with van der Waals surface area (Å²) in [7, 11) is 2.77. The first-order valence-electron chi connectivity index (χ1n) is 6.71. The summed E-state index contributed by atoms with van der Waals surface area (Å²) < 4.78 is 51.0. The number of benzene rings is 1. The standard InChI is InChI=1S/C14H19F3N2O2/c1-20-11-5-3-4-10(12(11)21-2)13(14(15,16)17)19-8-6-18-7-9-19/h3-5,13,18H,6-9H2,1-2H3/t13-/m1/s1. The summed E-state index contributed by atoms with van der Waals surface area (Å²) in [6, 6.07) is 2.90. The third kappa shape index (κ3) is 3.41. The Morgan fingerprint density at radius 3 is 2.33 bits per heavy atom. The highest BCUT2D eigenvalue weighted by atomic mass is 19.4. The minimum absolute atomic E-state index is 0.0891. The third-order valence-corrected chi connectivity index (χ3v) is 3.55. The maximum atomic E-state index is 13.6. The molecular formula is C14H19F3N2O2. The molecule has 1 aliphatic rings. The van der Waals surface area contributed by atoms with Crippen molar-refractivity contribution in [3.05, 3.63) is 23.8 Å². The molecule has 0 bridgehead atoms. The minimum Gasteiger partial charge on any atom is -0.493 e. The molecule has 0 amide bonds. The summed E-state index contributed by atoms with van der Waals surface area (Å²) in [5.74, 6) is 0.445. The van der Waals surface area contributed by atoms with Gasteiger partial charge in [-0.25, -0.2) is 0 Å². The smallest absolute Gasteiger partial charge is 0.408 e. The molecule has 0 spiro atoms. The van der Waals surface area contributed by atoms with Crippen LogP contribution in [0.25, 0.3) is 0 Å². The van der Waals surface area contributed by atoms with Gasteiger partial charge in [-0.15, -0.1) is 0 Å². The lowest BCUT2D eigenvalue weighted by molar-refractivity contribution is -0.188. The maximum Gasteiger partial charge on any atom is 0.408 e. The molecule has 1 N–H and O–H groups in total.